The molecule has 4 unspecified atom stereocenters. The molecular formula is C42H47N4O12PS. The van der Waals surface area contributed by atoms with Crippen molar-refractivity contribution < 1.29 is 57.2 Å². The van der Waals surface area contributed by atoms with Crippen molar-refractivity contribution in [2.45, 2.75) is 69.1 Å². The summed E-state index contributed by atoms with van der Waals surface area (Å²) in [4.78, 5) is 69.8. The van der Waals surface area contributed by atoms with Crippen molar-refractivity contribution in [3.63, 3.8) is 0 Å². The van der Waals surface area contributed by atoms with Gasteiger partial charge in [0.2, 0.25) is 6.79 Å². The van der Waals surface area contributed by atoms with Gasteiger partial charge < -0.3 is 43.2 Å². The number of carbonyl (C=O) groups is 3. The van der Waals surface area contributed by atoms with E-state index in [0.29, 0.717) is 76.7 Å². The van der Waals surface area contributed by atoms with E-state index in [4.69, 9.17) is 28.4 Å². The van der Waals surface area contributed by atoms with Crippen LogP contribution in [0.4, 0.5) is 0 Å². The van der Waals surface area contributed by atoms with Crippen molar-refractivity contribution >= 4 is 47.7 Å². The van der Waals surface area contributed by atoms with Crippen LogP contribution in [0.5, 0.6) is 28.7 Å². The summed E-state index contributed by atoms with van der Waals surface area (Å²) in [6.45, 7) is 5.72. The van der Waals surface area contributed by atoms with E-state index in [1.54, 1.807) is 21.0 Å². The minimum absolute atomic E-state index is 0.0691. The minimum atomic E-state index is -5.29. The summed E-state index contributed by atoms with van der Waals surface area (Å²) in [5, 5.41) is 3.86. The summed E-state index contributed by atoms with van der Waals surface area (Å²) in [7, 11) is -0.339. The Labute approximate surface area is 350 Å². The van der Waals surface area contributed by atoms with Crippen LogP contribution in [0.3, 0.4) is 0 Å². The van der Waals surface area contributed by atoms with Crippen LogP contribution in [0.15, 0.2) is 24.3 Å². The highest BCUT2D eigenvalue weighted by Gasteiger charge is 2.57. The smallest absolute Gasteiger partial charge is 0.396 e. The number of ether oxygens (including phenoxy) is 6. The number of hydrogen-bond donors (Lipinski definition) is 4. The van der Waals surface area contributed by atoms with E-state index >= 15 is 0 Å². The van der Waals surface area contributed by atoms with Crippen LogP contribution in [0.25, 0.3) is 10.9 Å². The van der Waals surface area contributed by atoms with Gasteiger partial charge in [-0.05, 0) is 80.4 Å². The summed E-state index contributed by atoms with van der Waals surface area (Å²) in [6.07, 6.45) is 3.11. The number of rotatable bonds is 9. The molecule has 1 saturated heterocycles. The Bertz CT molecular complexity index is 2540. The average Bonchev–Trinajstić information content (AvgIpc) is 3.85. The average molecular weight is 863 g/mol. The zero-order valence-electron chi connectivity index (χ0n) is 34.2. The molecule has 318 valence electrons. The number of fused-ring (bicyclic) bond motifs is 12. The number of aromatic amines is 1. The van der Waals surface area contributed by atoms with Crippen molar-refractivity contribution in [2.75, 3.05) is 54.0 Å². The van der Waals surface area contributed by atoms with Crippen LogP contribution < -0.4 is 29.0 Å². The number of aryl methyl sites for hydroxylation is 1. The highest BCUT2D eigenvalue weighted by Crippen LogP contribution is 2.62. The van der Waals surface area contributed by atoms with Gasteiger partial charge in [0, 0.05) is 65.4 Å². The van der Waals surface area contributed by atoms with Crippen LogP contribution >= 0.6 is 19.4 Å². The van der Waals surface area contributed by atoms with Crippen molar-refractivity contribution in [3.8, 4) is 28.7 Å². The lowest BCUT2D eigenvalue weighted by molar-refractivity contribution is -0.150. The molecule has 0 aliphatic carbocycles. The first-order chi connectivity index (χ1) is 28.7. The molecule has 18 heteroatoms. The van der Waals surface area contributed by atoms with Gasteiger partial charge in [0.05, 0.1) is 37.1 Å². The van der Waals surface area contributed by atoms with E-state index < -0.39 is 54.5 Å². The van der Waals surface area contributed by atoms with Gasteiger partial charge in [-0.2, -0.15) is 11.8 Å². The molecule has 1 aromatic heterocycles. The van der Waals surface area contributed by atoms with Crippen LogP contribution in [-0.4, -0.2) is 108 Å². The van der Waals surface area contributed by atoms with E-state index in [2.05, 4.69) is 20.1 Å². The zero-order chi connectivity index (χ0) is 42.5. The van der Waals surface area contributed by atoms with E-state index in [9.17, 15) is 28.7 Å². The van der Waals surface area contributed by atoms with E-state index in [1.165, 1.54) is 25.8 Å². The maximum Gasteiger partial charge on any atom is 0.396 e. The fourth-order valence-corrected chi connectivity index (χ4v) is 12.0. The Morgan fingerprint density at radius 3 is 2.50 bits per heavy atom. The number of H-pyrrole nitrogens is 1. The number of piperazine rings is 1. The molecule has 0 radical (unpaired) electrons. The topological polar surface area (TPSA) is 198 Å². The Hall–Kier alpha value is -4.61. The molecule has 0 saturated carbocycles. The number of thioether (sulfide) groups is 1. The van der Waals surface area contributed by atoms with Gasteiger partial charge in [-0.1, -0.05) is 6.07 Å². The largest absolute Gasteiger partial charge is 0.497 e. The number of esters is 2. The van der Waals surface area contributed by atoms with Gasteiger partial charge in [-0.25, -0.2) is 4.79 Å². The second kappa shape index (κ2) is 15.1. The molecule has 6 atom stereocenters. The molecule has 5 aliphatic heterocycles. The van der Waals surface area contributed by atoms with Crippen molar-refractivity contribution in [2.24, 2.45) is 0 Å². The van der Waals surface area contributed by atoms with Crippen LogP contribution in [0.2, 0.25) is 0 Å². The molecule has 4 N–H and O–H groups in total. The van der Waals surface area contributed by atoms with Crippen LogP contribution in [0, 0.1) is 13.8 Å². The Morgan fingerprint density at radius 1 is 1.03 bits per heavy atom. The number of benzene rings is 3. The van der Waals surface area contributed by atoms with Crippen LogP contribution in [0.1, 0.15) is 85.3 Å². The molecule has 0 spiro atoms. The molecule has 6 heterocycles. The predicted octanol–water partition coefficient (Wildman–Crippen LogP) is 4.94. The fourth-order valence-electron chi connectivity index (χ4n) is 10.4. The van der Waals surface area contributed by atoms with E-state index in [0.717, 1.165) is 27.7 Å². The lowest BCUT2D eigenvalue weighted by Gasteiger charge is -2.60. The summed E-state index contributed by atoms with van der Waals surface area (Å²) in [6, 6.07) is 4.96. The fraction of sp³-hybridized carbons (Fsp3) is 0.452. The van der Waals surface area contributed by atoms with Gasteiger partial charge in [0.15, 0.2) is 11.5 Å². The van der Waals surface area contributed by atoms with E-state index in [-0.39, 0.29) is 30.8 Å². The van der Waals surface area contributed by atoms with Crippen molar-refractivity contribution in [3.05, 3.63) is 74.5 Å². The number of nitrogens with zero attached hydrogens (tertiary/aromatic N) is 2. The third-order valence-electron chi connectivity index (χ3n) is 12.8. The highest BCUT2D eigenvalue weighted by molar-refractivity contribution is 7.98. The van der Waals surface area contributed by atoms with Gasteiger partial charge >= 0.3 is 19.5 Å². The summed E-state index contributed by atoms with van der Waals surface area (Å²) >= 11 is 1.51. The molecule has 1 fully saturated rings. The van der Waals surface area contributed by atoms with Gasteiger partial charge in [-0.3, -0.25) is 29.3 Å². The van der Waals surface area contributed by atoms with Gasteiger partial charge in [-0.15, -0.1) is 0 Å². The number of nitrogens with one attached hydrogen (secondary N) is 2. The number of aromatic nitrogens is 1. The first kappa shape index (κ1) is 40.8. The molecule has 2 bridgehead atoms. The maximum atomic E-state index is 14.4. The third kappa shape index (κ3) is 6.23. The normalized spacial score (nSPS) is 24.2. The minimum Gasteiger partial charge on any atom is -0.497 e. The molecule has 16 nitrogen and oxygen atoms in total. The molecule has 3 aromatic carbocycles. The Morgan fingerprint density at radius 2 is 1.80 bits per heavy atom. The van der Waals surface area contributed by atoms with Crippen molar-refractivity contribution in [1.82, 2.24) is 20.1 Å². The quantitative estimate of drug-likeness (QED) is 0.100. The lowest BCUT2D eigenvalue weighted by atomic mass is 9.72. The van der Waals surface area contributed by atoms with Crippen molar-refractivity contribution in [1.29, 1.82) is 0 Å². The SMILES string of the molecule is COc1ccc2[nH]c3c(c2c1)CCNC3C(=O)OCC1c2c3c(c(C)c(OC(C)=O)c2C(SC)C2[C@H]4c5c(cc(C)c(OC)c5C(=O)P(=O)(O)O)C[C@@H](CN12)N4C)OCO3. The molecular weight excluding hydrogens is 816 g/mol. The zero-order valence-corrected chi connectivity index (χ0v) is 36.0. The van der Waals surface area contributed by atoms with Gasteiger partial charge in [0.1, 0.15) is 29.9 Å². The van der Waals surface area contributed by atoms with Crippen LogP contribution in [-0.2, 0) is 31.7 Å². The molecule has 5 aliphatic rings. The second-order valence-electron chi connectivity index (χ2n) is 16.0. The number of carbonyl (C=O) groups excluding carboxylic acids is 3. The molecule has 4 aromatic rings. The predicted molar refractivity (Wildman–Crippen MR) is 220 cm³/mol. The monoisotopic (exact) mass is 862 g/mol. The second-order valence-corrected chi connectivity index (χ2v) is 18.5. The molecule has 0 amide bonds. The number of methoxy groups -OCH3 is 2. The standard InChI is InChI=1S/C42H47N4O12PS/c1-18-12-21-13-22-15-46-27(16-55-41(48)33-32-24(10-11-43-33)25-14-23(53-5)8-9-26(25)44-32)29-30(37(58-20(3)47)19(2)38-39(29)57-17-56-38)40(60-7)35(46)34(45(22)4)28(21)31(36(18)54-6)42(49)59(50,51)52/h8-9,12,14,22,27,33-35,40,43-44H,10-11,13,15-17H2,1-7H3,(H2,50,51,52)/t22-,27?,33?,34+,35?,40?/m0/s1. The summed E-state index contributed by atoms with van der Waals surface area (Å²) in [5.41, 5.74) is 4.88. The molecule has 9 rings (SSSR count). The summed E-state index contributed by atoms with van der Waals surface area (Å²) in [5.74, 6) is 0.985. The highest BCUT2D eigenvalue weighted by atomic mass is 32.2. The third-order valence-corrected chi connectivity index (χ3v) is 14.6. The van der Waals surface area contributed by atoms with Gasteiger partial charge in [0.25, 0.3) is 5.52 Å². The summed E-state index contributed by atoms with van der Waals surface area (Å²) < 4.78 is 48.8. The van der Waals surface area contributed by atoms with E-state index in [1.807, 2.05) is 37.6 Å². The number of likely N-dealkylation sites (N-methyl/N-ethyl adjacent to an activating group) is 1. The first-order valence-electron chi connectivity index (χ1n) is 19.7. The Kier molecular flexibility index (Phi) is 10.3. The lowest BCUT2D eigenvalue weighted by Crippen LogP contribution is -2.65. The first-order valence-corrected chi connectivity index (χ1v) is 22.6. The Balaban J connectivity index is 1.21. The maximum absolute atomic E-state index is 14.4. The number of hydrogen-bond acceptors (Lipinski definition) is 14. The molecule has 60 heavy (non-hydrogen) atoms.